The number of carbonyl (C=O) groups excluding carboxylic acids is 1. The van der Waals surface area contributed by atoms with Gasteiger partial charge in [-0.25, -0.2) is 9.59 Å². The van der Waals surface area contributed by atoms with E-state index in [1.54, 1.807) is 6.92 Å². The van der Waals surface area contributed by atoms with Gasteiger partial charge >= 0.3 is 12.1 Å². The van der Waals surface area contributed by atoms with Gasteiger partial charge in [0, 0.05) is 6.04 Å². The number of carbonyl (C=O) groups is 2. The number of rotatable bonds is 5. The van der Waals surface area contributed by atoms with E-state index < -0.39 is 18.1 Å². The van der Waals surface area contributed by atoms with Crippen molar-refractivity contribution in [2.75, 3.05) is 0 Å². The summed E-state index contributed by atoms with van der Waals surface area (Å²) in [5.74, 6) is -0.998. The molecule has 1 atom stereocenters. The number of ether oxygens (including phenoxy) is 1. The highest BCUT2D eigenvalue weighted by atomic mass is 16.6. The summed E-state index contributed by atoms with van der Waals surface area (Å²) in [6, 6.07) is 8.49. The first kappa shape index (κ1) is 16.3. The fraction of sp³-hybridized carbons (Fsp3) is 0.529. The Morgan fingerprint density at radius 2 is 1.86 bits per heavy atom. The maximum atomic E-state index is 12.4. The van der Waals surface area contributed by atoms with E-state index in [0.717, 1.165) is 37.7 Å². The number of aliphatic carboxylic acids is 1. The average Bonchev–Trinajstić information content (AvgIpc) is 2.55. The molecule has 5 heteroatoms. The average molecular weight is 305 g/mol. The maximum Gasteiger partial charge on any atom is 0.411 e. The highest BCUT2D eigenvalue weighted by molar-refractivity contribution is 5.79. The molecule has 2 rings (SSSR count). The van der Waals surface area contributed by atoms with Crippen molar-refractivity contribution in [3.63, 3.8) is 0 Å². The van der Waals surface area contributed by atoms with Crippen LogP contribution in [0.1, 0.15) is 44.6 Å². The van der Waals surface area contributed by atoms with Crippen LogP contribution in [0.3, 0.4) is 0 Å². The number of hydrogen-bond donors (Lipinski definition) is 1. The van der Waals surface area contributed by atoms with E-state index in [2.05, 4.69) is 0 Å². The van der Waals surface area contributed by atoms with Crippen LogP contribution in [0.2, 0.25) is 0 Å². The molecule has 0 saturated heterocycles. The van der Waals surface area contributed by atoms with Gasteiger partial charge in [-0.15, -0.1) is 0 Å². The third kappa shape index (κ3) is 4.23. The van der Waals surface area contributed by atoms with Gasteiger partial charge in [0.15, 0.2) is 0 Å². The molecule has 0 aliphatic heterocycles. The van der Waals surface area contributed by atoms with Crippen molar-refractivity contribution in [1.82, 2.24) is 4.90 Å². The predicted octanol–water partition coefficient (Wildman–Crippen LogP) is 3.43. The molecule has 0 radical (unpaired) electrons. The van der Waals surface area contributed by atoms with Crippen molar-refractivity contribution in [2.24, 2.45) is 0 Å². The van der Waals surface area contributed by atoms with Crippen molar-refractivity contribution >= 4 is 12.1 Å². The van der Waals surface area contributed by atoms with Gasteiger partial charge in [0.2, 0.25) is 0 Å². The molecule has 5 nitrogen and oxygen atoms in total. The Bertz CT molecular complexity index is 497. The van der Waals surface area contributed by atoms with Crippen molar-refractivity contribution in [3.8, 4) is 0 Å². The minimum atomic E-state index is -0.998. The van der Waals surface area contributed by atoms with E-state index in [1.165, 1.54) is 4.90 Å². The van der Waals surface area contributed by atoms with Crippen molar-refractivity contribution in [3.05, 3.63) is 35.9 Å². The normalized spacial score (nSPS) is 16.8. The molecule has 120 valence electrons. The fourth-order valence-electron chi connectivity index (χ4n) is 2.90. The monoisotopic (exact) mass is 305 g/mol. The topological polar surface area (TPSA) is 66.8 Å². The second-order valence-corrected chi connectivity index (χ2v) is 5.75. The molecular weight excluding hydrogens is 282 g/mol. The Balaban J connectivity index is 2.03. The van der Waals surface area contributed by atoms with Gasteiger partial charge in [0.25, 0.3) is 0 Å². The zero-order chi connectivity index (χ0) is 15.9. The summed E-state index contributed by atoms with van der Waals surface area (Å²) in [5, 5.41) is 9.27. The highest BCUT2D eigenvalue weighted by Gasteiger charge is 2.34. The zero-order valence-corrected chi connectivity index (χ0v) is 12.9. The number of carboxylic acid groups (broad SMARTS) is 1. The van der Waals surface area contributed by atoms with E-state index >= 15 is 0 Å². The molecule has 1 aromatic carbocycles. The van der Waals surface area contributed by atoms with E-state index in [1.807, 2.05) is 30.3 Å². The number of hydrogen-bond acceptors (Lipinski definition) is 3. The summed E-state index contributed by atoms with van der Waals surface area (Å²) in [5.41, 5.74) is 0.891. The Morgan fingerprint density at radius 3 is 2.45 bits per heavy atom. The van der Waals surface area contributed by atoms with Gasteiger partial charge in [-0.2, -0.15) is 0 Å². The lowest BCUT2D eigenvalue weighted by Crippen LogP contribution is -2.50. The Hall–Kier alpha value is -2.04. The van der Waals surface area contributed by atoms with E-state index in [-0.39, 0.29) is 12.6 Å². The summed E-state index contributed by atoms with van der Waals surface area (Å²) >= 11 is 0. The lowest BCUT2D eigenvalue weighted by atomic mass is 9.93. The molecule has 0 bridgehead atoms. The van der Waals surface area contributed by atoms with Gasteiger partial charge in [-0.1, -0.05) is 49.6 Å². The van der Waals surface area contributed by atoms with Crippen molar-refractivity contribution in [2.45, 2.75) is 57.7 Å². The van der Waals surface area contributed by atoms with Crippen LogP contribution in [0, 0.1) is 0 Å². The largest absolute Gasteiger partial charge is 0.480 e. The molecule has 1 N–H and O–H groups in total. The summed E-state index contributed by atoms with van der Waals surface area (Å²) in [7, 11) is 0. The highest BCUT2D eigenvalue weighted by Crippen LogP contribution is 2.25. The molecule has 1 saturated carbocycles. The third-order valence-corrected chi connectivity index (χ3v) is 4.16. The second kappa shape index (κ2) is 7.82. The predicted molar refractivity (Wildman–Crippen MR) is 82.4 cm³/mol. The van der Waals surface area contributed by atoms with Crippen LogP contribution in [-0.4, -0.2) is 34.2 Å². The van der Waals surface area contributed by atoms with Gasteiger partial charge < -0.3 is 9.84 Å². The Labute approximate surface area is 130 Å². The number of nitrogens with zero attached hydrogens (tertiary/aromatic N) is 1. The first-order valence-electron chi connectivity index (χ1n) is 7.81. The van der Waals surface area contributed by atoms with Crippen LogP contribution in [0.15, 0.2) is 30.3 Å². The van der Waals surface area contributed by atoms with Crippen LogP contribution in [-0.2, 0) is 16.1 Å². The molecule has 0 unspecified atom stereocenters. The minimum Gasteiger partial charge on any atom is -0.480 e. The summed E-state index contributed by atoms with van der Waals surface area (Å²) in [6.45, 7) is 1.70. The second-order valence-electron chi connectivity index (χ2n) is 5.75. The van der Waals surface area contributed by atoms with Gasteiger partial charge in [0.1, 0.15) is 12.6 Å². The van der Waals surface area contributed by atoms with E-state index in [0.29, 0.717) is 0 Å². The molecule has 1 amide bonds. The van der Waals surface area contributed by atoms with Gasteiger partial charge in [-0.05, 0) is 25.3 Å². The van der Waals surface area contributed by atoms with Crippen LogP contribution in [0.5, 0.6) is 0 Å². The quantitative estimate of drug-likeness (QED) is 0.905. The van der Waals surface area contributed by atoms with Crippen LogP contribution in [0.4, 0.5) is 4.79 Å². The molecule has 1 aliphatic carbocycles. The summed E-state index contributed by atoms with van der Waals surface area (Å²) in [4.78, 5) is 25.1. The standard InChI is InChI=1S/C17H23NO4/c1-13(16(19)20)18(15-10-6-3-7-11-15)17(21)22-12-14-8-4-2-5-9-14/h2,4-5,8-9,13,15H,3,6-7,10-12H2,1H3,(H,19,20)/t13-/m0/s1. The molecule has 1 fully saturated rings. The van der Waals surface area contributed by atoms with Gasteiger partial charge in [-0.3, -0.25) is 4.90 Å². The molecule has 0 aromatic heterocycles. The summed E-state index contributed by atoms with van der Waals surface area (Å²) in [6.07, 6.45) is 4.35. The number of amides is 1. The number of benzene rings is 1. The van der Waals surface area contributed by atoms with Gasteiger partial charge in [0.05, 0.1) is 0 Å². The first-order chi connectivity index (χ1) is 10.6. The first-order valence-corrected chi connectivity index (χ1v) is 7.81. The SMILES string of the molecule is C[C@@H](C(=O)O)N(C(=O)OCc1ccccc1)C1CCCCC1. The van der Waals surface area contributed by atoms with Crippen LogP contribution in [0.25, 0.3) is 0 Å². The smallest absolute Gasteiger partial charge is 0.411 e. The lowest BCUT2D eigenvalue weighted by molar-refractivity contribution is -0.143. The van der Waals surface area contributed by atoms with E-state index in [4.69, 9.17) is 4.74 Å². The molecule has 1 aliphatic rings. The van der Waals surface area contributed by atoms with Crippen LogP contribution >= 0.6 is 0 Å². The Morgan fingerprint density at radius 1 is 1.23 bits per heavy atom. The van der Waals surface area contributed by atoms with Crippen molar-refractivity contribution < 1.29 is 19.4 Å². The van der Waals surface area contributed by atoms with E-state index in [9.17, 15) is 14.7 Å². The lowest BCUT2D eigenvalue weighted by Gasteiger charge is -2.36. The van der Waals surface area contributed by atoms with Crippen molar-refractivity contribution in [1.29, 1.82) is 0 Å². The molecule has 0 heterocycles. The third-order valence-electron chi connectivity index (χ3n) is 4.16. The molecule has 22 heavy (non-hydrogen) atoms. The number of carboxylic acids is 1. The fourth-order valence-corrected chi connectivity index (χ4v) is 2.90. The Kier molecular flexibility index (Phi) is 5.81. The van der Waals surface area contributed by atoms with Crippen LogP contribution < -0.4 is 0 Å². The maximum absolute atomic E-state index is 12.4. The minimum absolute atomic E-state index is 0.0388. The summed E-state index contributed by atoms with van der Waals surface area (Å²) < 4.78 is 5.34. The molecule has 0 spiro atoms. The molecule has 1 aromatic rings. The zero-order valence-electron chi connectivity index (χ0n) is 12.9. The molecular formula is C17H23NO4.